The molecular formula is C16H17N3O4. The first-order valence-corrected chi connectivity index (χ1v) is 6.99. The number of carbonyl (C=O) groups is 2. The average Bonchev–Trinajstić information content (AvgIpc) is 2.53. The van der Waals surface area contributed by atoms with Gasteiger partial charge >= 0.3 is 5.97 Å². The van der Waals surface area contributed by atoms with Gasteiger partial charge in [0, 0.05) is 6.20 Å². The van der Waals surface area contributed by atoms with E-state index in [1.54, 1.807) is 31.2 Å². The molecule has 1 aromatic heterocycles. The van der Waals surface area contributed by atoms with Gasteiger partial charge in [0.2, 0.25) is 0 Å². The topological polar surface area (TPSA) is 101 Å². The van der Waals surface area contributed by atoms with E-state index in [4.69, 9.17) is 9.84 Å². The van der Waals surface area contributed by atoms with Gasteiger partial charge in [0.1, 0.15) is 12.1 Å². The zero-order valence-electron chi connectivity index (χ0n) is 12.8. The Hall–Kier alpha value is -2.96. The van der Waals surface area contributed by atoms with Crippen molar-refractivity contribution in [3.05, 3.63) is 53.6 Å². The number of carboxylic acids is 1. The van der Waals surface area contributed by atoms with Crippen LogP contribution < -0.4 is 10.1 Å². The van der Waals surface area contributed by atoms with Crippen molar-refractivity contribution in [3.63, 3.8) is 0 Å². The Bertz CT molecular complexity index is 701. The number of rotatable bonds is 6. The number of hydrogen-bond acceptors (Lipinski definition) is 5. The van der Waals surface area contributed by atoms with Crippen molar-refractivity contribution >= 4 is 11.9 Å². The lowest BCUT2D eigenvalue weighted by Gasteiger charge is -2.15. The number of carboxylic acid groups (broad SMARTS) is 1. The lowest BCUT2D eigenvalue weighted by molar-refractivity contribution is -0.139. The maximum Gasteiger partial charge on any atom is 0.341 e. The van der Waals surface area contributed by atoms with Gasteiger partial charge in [-0.3, -0.25) is 4.79 Å². The molecule has 1 atom stereocenters. The molecule has 1 unspecified atom stereocenters. The van der Waals surface area contributed by atoms with Crippen molar-refractivity contribution in [2.45, 2.75) is 19.9 Å². The minimum Gasteiger partial charge on any atom is -0.482 e. The summed E-state index contributed by atoms with van der Waals surface area (Å²) >= 11 is 0. The van der Waals surface area contributed by atoms with Crippen LogP contribution >= 0.6 is 0 Å². The monoisotopic (exact) mass is 315 g/mol. The van der Waals surface area contributed by atoms with Crippen molar-refractivity contribution in [3.8, 4) is 5.75 Å². The minimum atomic E-state index is -1.03. The van der Waals surface area contributed by atoms with Gasteiger partial charge in [0.05, 0.1) is 17.3 Å². The Balaban J connectivity index is 2.00. The summed E-state index contributed by atoms with van der Waals surface area (Å²) in [5.74, 6) is -0.820. The summed E-state index contributed by atoms with van der Waals surface area (Å²) in [7, 11) is 0. The molecule has 1 heterocycles. The Labute approximate surface area is 133 Å². The molecule has 0 radical (unpaired) electrons. The zero-order chi connectivity index (χ0) is 16.8. The molecule has 0 aliphatic heterocycles. The number of hydrogen-bond donors (Lipinski definition) is 2. The molecule has 0 aliphatic rings. The highest BCUT2D eigenvalue weighted by Crippen LogP contribution is 2.18. The lowest BCUT2D eigenvalue weighted by Crippen LogP contribution is -2.27. The first-order valence-electron chi connectivity index (χ1n) is 6.99. The van der Waals surface area contributed by atoms with E-state index in [1.165, 1.54) is 12.5 Å². The lowest BCUT2D eigenvalue weighted by atomic mass is 10.1. The summed E-state index contributed by atoms with van der Waals surface area (Å²) in [6.45, 7) is 3.21. The summed E-state index contributed by atoms with van der Waals surface area (Å²) in [4.78, 5) is 30.5. The fourth-order valence-electron chi connectivity index (χ4n) is 1.97. The molecule has 2 rings (SSSR count). The Morgan fingerprint density at radius 3 is 2.61 bits per heavy atom. The third-order valence-corrected chi connectivity index (χ3v) is 3.25. The number of benzene rings is 1. The van der Waals surface area contributed by atoms with Gasteiger partial charge in [-0.15, -0.1) is 0 Å². The second-order valence-electron chi connectivity index (χ2n) is 4.97. The van der Waals surface area contributed by atoms with Crippen LogP contribution in [0.15, 0.2) is 36.8 Å². The Morgan fingerprint density at radius 2 is 2.00 bits per heavy atom. The van der Waals surface area contributed by atoms with Gasteiger partial charge in [-0.25, -0.2) is 14.8 Å². The van der Waals surface area contributed by atoms with Crippen molar-refractivity contribution in [1.29, 1.82) is 0 Å². The van der Waals surface area contributed by atoms with Crippen LogP contribution in [0.2, 0.25) is 0 Å². The third kappa shape index (κ3) is 4.50. The summed E-state index contributed by atoms with van der Waals surface area (Å²) in [6, 6.07) is 6.65. The van der Waals surface area contributed by atoms with Crippen LogP contribution in [0.1, 0.15) is 34.6 Å². The molecule has 1 aromatic carbocycles. The first kappa shape index (κ1) is 16.4. The number of aromatic nitrogens is 2. The van der Waals surface area contributed by atoms with E-state index in [9.17, 15) is 9.59 Å². The maximum absolute atomic E-state index is 12.2. The second kappa shape index (κ2) is 7.35. The van der Waals surface area contributed by atoms with Crippen LogP contribution in [0.4, 0.5) is 0 Å². The first-order chi connectivity index (χ1) is 11.0. The van der Waals surface area contributed by atoms with Gasteiger partial charge in [0.25, 0.3) is 5.91 Å². The van der Waals surface area contributed by atoms with E-state index in [1.807, 2.05) is 6.92 Å². The van der Waals surface area contributed by atoms with Crippen LogP contribution in [-0.4, -0.2) is 33.6 Å². The van der Waals surface area contributed by atoms with Gasteiger partial charge < -0.3 is 15.2 Å². The van der Waals surface area contributed by atoms with Crippen molar-refractivity contribution < 1.29 is 19.4 Å². The number of aliphatic carboxylic acids is 1. The number of nitrogens with zero attached hydrogens (tertiary/aromatic N) is 2. The molecule has 7 heteroatoms. The Kier molecular flexibility index (Phi) is 5.24. The minimum absolute atomic E-state index is 0.226. The van der Waals surface area contributed by atoms with Crippen molar-refractivity contribution in [2.24, 2.45) is 0 Å². The molecule has 23 heavy (non-hydrogen) atoms. The van der Waals surface area contributed by atoms with Crippen LogP contribution in [-0.2, 0) is 4.79 Å². The third-order valence-electron chi connectivity index (χ3n) is 3.25. The van der Waals surface area contributed by atoms with E-state index < -0.39 is 5.97 Å². The van der Waals surface area contributed by atoms with Crippen molar-refractivity contribution in [2.75, 3.05) is 6.61 Å². The van der Waals surface area contributed by atoms with Gasteiger partial charge in [-0.1, -0.05) is 12.1 Å². The van der Waals surface area contributed by atoms with Gasteiger partial charge in [-0.2, -0.15) is 0 Å². The number of ether oxygens (including phenoxy) is 1. The van der Waals surface area contributed by atoms with E-state index >= 15 is 0 Å². The molecule has 0 saturated heterocycles. The number of aryl methyl sites for hydroxylation is 1. The van der Waals surface area contributed by atoms with Crippen LogP contribution in [0.5, 0.6) is 5.75 Å². The Morgan fingerprint density at radius 1 is 1.30 bits per heavy atom. The number of amides is 1. The molecule has 0 bridgehead atoms. The highest BCUT2D eigenvalue weighted by molar-refractivity contribution is 5.95. The summed E-state index contributed by atoms with van der Waals surface area (Å²) in [5, 5.41) is 11.4. The summed E-state index contributed by atoms with van der Waals surface area (Å²) in [6.07, 6.45) is 2.87. The van der Waals surface area contributed by atoms with Gasteiger partial charge in [0.15, 0.2) is 6.61 Å². The van der Waals surface area contributed by atoms with Crippen LogP contribution in [0, 0.1) is 6.92 Å². The van der Waals surface area contributed by atoms with Crippen molar-refractivity contribution in [1.82, 2.24) is 15.3 Å². The summed E-state index contributed by atoms with van der Waals surface area (Å²) in [5.41, 5.74) is 1.92. The number of carbonyl (C=O) groups excluding carboxylic acids is 1. The molecule has 0 fully saturated rings. The van der Waals surface area contributed by atoms with E-state index in [-0.39, 0.29) is 18.6 Å². The highest BCUT2D eigenvalue weighted by atomic mass is 16.5. The quantitative estimate of drug-likeness (QED) is 0.842. The molecule has 1 amide bonds. The fraction of sp³-hybridized carbons (Fsp3) is 0.250. The molecule has 2 aromatic rings. The standard InChI is InChI=1S/C16H17N3O4/c1-10(19-16(22)14-7-17-9-18-11(14)2)12-3-5-13(6-4-12)23-8-15(20)21/h3-7,9-10H,8H2,1-2H3,(H,19,22)(H,20,21). The predicted molar refractivity (Wildman–Crippen MR) is 82.2 cm³/mol. The largest absolute Gasteiger partial charge is 0.482 e. The second-order valence-corrected chi connectivity index (χ2v) is 4.97. The smallest absolute Gasteiger partial charge is 0.341 e. The highest BCUT2D eigenvalue weighted by Gasteiger charge is 2.14. The van der Waals surface area contributed by atoms with Crippen LogP contribution in [0.3, 0.4) is 0 Å². The molecule has 120 valence electrons. The normalized spacial score (nSPS) is 11.6. The predicted octanol–water partition coefficient (Wildman–Crippen LogP) is 1.74. The molecule has 7 nitrogen and oxygen atoms in total. The molecular weight excluding hydrogens is 298 g/mol. The van der Waals surface area contributed by atoms with E-state index in [0.717, 1.165) is 5.56 Å². The molecule has 0 spiro atoms. The summed E-state index contributed by atoms with van der Waals surface area (Å²) < 4.78 is 5.06. The van der Waals surface area contributed by atoms with E-state index in [2.05, 4.69) is 15.3 Å². The maximum atomic E-state index is 12.2. The fourth-order valence-corrected chi connectivity index (χ4v) is 1.97. The molecule has 2 N–H and O–H groups in total. The van der Waals surface area contributed by atoms with Gasteiger partial charge in [-0.05, 0) is 31.5 Å². The van der Waals surface area contributed by atoms with E-state index in [0.29, 0.717) is 17.0 Å². The zero-order valence-corrected chi connectivity index (χ0v) is 12.8. The average molecular weight is 315 g/mol. The SMILES string of the molecule is Cc1ncncc1C(=O)NC(C)c1ccc(OCC(=O)O)cc1. The number of nitrogens with one attached hydrogen (secondary N) is 1. The molecule has 0 aliphatic carbocycles. The molecule has 0 saturated carbocycles. The van der Waals surface area contributed by atoms with Crippen LogP contribution in [0.25, 0.3) is 0 Å².